The number of hydrogen-bond donors (Lipinski definition) is 1. The van der Waals surface area contributed by atoms with E-state index in [9.17, 15) is 14.4 Å². The van der Waals surface area contributed by atoms with Crippen molar-refractivity contribution < 1.29 is 23.9 Å². The number of alkyl carbamates (subject to hydrolysis) is 1. The van der Waals surface area contributed by atoms with Crippen LogP contribution in [0.2, 0.25) is 0 Å². The Morgan fingerprint density at radius 2 is 1.64 bits per heavy atom. The topological polar surface area (TPSA) is 84.9 Å². The summed E-state index contributed by atoms with van der Waals surface area (Å²) in [6, 6.07) is 18.2. The van der Waals surface area contributed by atoms with Gasteiger partial charge in [-0.1, -0.05) is 83.9 Å². The molecule has 3 atom stereocenters. The summed E-state index contributed by atoms with van der Waals surface area (Å²) >= 11 is 18.5. The summed E-state index contributed by atoms with van der Waals surface area (Å²) in [4.78, 5) is 40.2. The van der Waals surface area contributed by atoms with Gasteiger partial charge in [0.1, 0.15) is 6.04 Å². The number of ether oxygens (including phenoxy) is 2. The molecule has 192 valence electrons. The number of halogens is 3. The molecule has 0 saturated carbocycles. The largest absolute Gasteiger partial charge is 0.451 e. The maximum absolute atomic E-state index is 13.6. The second kappa shape index (κ2) is 10.7. The third kappa shape index (κ3) is 5.57. The zero-order valence-electron chi connectivity index (χ0n) is 19.5. The van der Waals surface area contributed by atoms with Gasteiger partial charge in [0, 0.05) is 11.3 Å². The fourth-order valence-electron chi connectivity index (χ4n) is 4.42. The van der Waals surface area contributed by atoms with Crippen LogP contribution in [0.1, 0.15) is 31.1 Å². The molecule has 0 aliphatic carbocycles. The van der Waals surface area contributed by atoms with Gasteiger partial charge in [-0.05, 0) is 25.0 Å². The number of alkyl halides is 3. The molecule has 36 heavy (non-hydrogen) atoms. The molecule has 2 aliphatic heterocycles. The monoisotopic (exact) mass is 570 g/mol. The van der Waals surface area contributed by atoms with E-state index in [0.29, 0.717) is 0 Å². The molecule has 2 aromatic carbocycles. The van der Waals surface area contributed by atoms with Crippen molar-refractivity contribution >= 4 is 64.5 Å². The molecule has 0 bridgehead atoms. The number of carbonyl (C=O) groups is 3. The average molecular weight is 572 g/mol. The van der Waals surface area contributed by atoms with Crippen LogP contribution in [0.3, 0.4) is 0 Å². The van der Waals surface area contributed by atoms with Crippen molar-refractivity contribution in [3.8, 4) is 0 Å². The van der Waals surface area contributed by atoms with Crippen LogP contribution < -0.4 is 5.32 Å². The van der Waals surface area contributed by atoms with Gasteiger partial charge in [-0.15, -0.1) is 23.4 Å². The normalized spacial score (nSPS) is 22.6. The van der Waals surface area contributed by atoms with Crippen molar-refractivity contribution in [1.29, 1.82) is 0 Å². The van der Waals surface area contributed by atoms with Crippen molar-refractivity contribution in [3.05, 3.63) is 71.8 Å². The number of esters is 1. The van der Waals surface area contributed by atoms with E-state index in [1.807, 2.05) is 74.5 Å². The van der Waals surface area contributed by atoms with Gasteiger partial charge < -0.3 is 19.7 Å². The Kier molecular flexibility index (Phi) is 8.00. The Morgan fingerprint density at radius 1 is 1.08 bits per heavy atom. The molecule has 2 amide bonds. The number of carbonyl (C=O) groups excluding carboxylic acids is 3. The van der Waals surface area contributed by atoms with Crippen LogP contribution in [0.5, 0.6) is 0 Å². The number of benzene rings is 2. The second-order valence-electron chi connectivity index (χ2n) is 9.05. The SMILES string of the molecule is CC1(C)S[C@@H]2[C@H](CNC(=O)OC(Cl)(Cl)CCl)C(=O)N2[C@H]1C(=O)OC(c1ccccc1)c1ccccc1. The Morgan fingerprint density at radius 3 is 2.17 bits per heavy atom. The summed E-state index contributed by atoms with van der Waals surface area (Å²) < 4.78 is 8.42. The van der Waals surface area contributed by atoms with Gasteiger partial charge in [0.2, 0.25) is 5.91 Å². The molecule has 2 fully saturated rings. The van der Waals surface area contributed by atoms with Crippen LogP contribution in [-0.4, -0.2) is 56.0 Å². The van der Waals surface area contributed by atoms with Crippen LogP contribution in [0, 0.1) is 5.92 Å². The summed E-state index contributed by atoms with van der Waals surface area (Å²) in [5.41, 5.74) is 1.67. The predicted octanol–water partition coefficient (Wildman–Crippen LogP) is 5.09. The molecule has 0 aromatic heterocycles. The Balaban J connectivity index is 1.47. The molecular weight excluding hydrogens is 547 g/mol. The quantitative estimate of drug-likeness (QED) is 0.270. The molecule has 7 nitrogen and oxygen atoms in total. The molecule has 2 heterocycles. The van der Waals surface area contributed by atoms with E-state index in [2.05, 4.69) is 5.32 Å². The number of nitrogens with one attached hydrogen (secondary N) is 1. The van der Waals surface area contributed by atoms with Crippen molar-refractivity contribution in [3.63, 3.8) is 0 Å². The van der Waals surface area contributed by atoms with Gasteiger partial charge in [-0.2, -0.15) is 0 Å². The van der Waals surface area contributed by atoms with Gasteiger partial charge in [0.25, 0.3) is 4.52 Å². The highest BCUT2D eigenvalue weighted by Gasteiger charge is 2.64. The molecule has 2 aromatic rings. The number of β-lactam (4-membered cyclic amide) rings is 1. The number of thioether (sulfide) groups is 1. The summed E-state index contributed by atoms with van der Waals surface area (Å²) in [6.45, 7) is 3.82. The zero-order chi connectivity index (χ0) is 26.1. The van der Waals surface area contributed by atoms with Gasteiger partial charge in [-0.3, -0.25) is 4.79 Å². The predicted molar refractivity (Wildman–Crippen MR) is 140 cm³/mol. The lowest BCUT2D eigenvalue weighted by molar-refractivity contribution is -0.168. The van der Waals surface area contributed by atoms with Crippen LogP contribution in [0.15, 0.2) is 60.7 Å². The Labute approximate surface area is 228 Å². The minimum absolute atomic E-state index is 0.00643. The summed E-state index contributed by atoms with van der Waals surface area (Å²) in [6.07, 6.45) is -1.50. The van der Waals surface area contributed by atoms with E-state index in [-0.39, 0.29) is 23.7 Å². The Hall–Kier alpha value is -2.13. The molecule has 11 heteroatoms. The molecule has 2 saturated heterocycles. The first-order valence-electron chi connectivity index (χ1n) is 11.2. The van der Waals surface area contributed by atoms with E-state index in [1.54, 1.807) is 4.90 Å². The average Bonchev–Trinajstić information content (AvgIpc) is 3.10. The van der Waals surface area contributed by atoms with Crippen molar-refractivity contribution in [2.45, 2.75) is 40.6 Å². The van der Waals surface area contributed by atoms with Crippen LogP contribution >= 0.6 is 46.6 Å². The fourth-order valence-corrected chi connectivity index (χ4v) is 6.29. The lowest BCUT2D eigenvalue weighted by Crippen LogP contribution is -2.65. The molecule has 0 radical (unpaired) electrons. The zero-order valence-corrected chi connectivity index (χ0v) is 22.6. The summed E-state index contributed by atoms with van der Waals surface area (Å²) in [5, 5.41) is 2.20. The maximum atomic E-state index is 13.6. The standard InChI is InChI=1S/C25H25Cl3N2O5S/c1-24(2)19(22(32)34-18(15-9-5-3-6-10-15)16-11-7-4-8-12-16)30-20(31)17(21(30)36-24)13-29-23(33)35-25(27,28)14-26/h3-12,17-19,21H,13-14H2,1-2H3,(H,29,33)/t17-,19+,21-/m1/s1. The summed E-state index contributed by atoms with van der Waals surface area (Å²) in [7, 11) is 0. The highest BCUT2D eigenvalue weighted by Crippen LogP contribution is 2.53. The number of rotatable bonds is 8. The highest BCUT2D eigenvalue weighted by atomic mass is 35.5. The van der Waals surface area contributed by atoms with Crippen LogP contribution in [0.25, 0.3) is 0 Å². The first kappa shape index (κ1) is 26.9. The molecule has 0 spiro atoms. The minimum Gasteiger partial charge on any atom is -0.451 e. The number of fused-ring (bicyclic) bond motifs is 1. The molecule has 2 aliphatic rings. The smallest absolute Gasteiger partial charge is 0.409 e. The Bertz CT molecular complexity index is 1080. The molecule has 0 unspecified atom stereocenters. The first-order chi connectivity index (χ1) is 17.0. The summed E-state index contributed by atoms with van der Waals surface area (Å²) in [5.74, 6) is -1.59. The molecule has 4 rings (SSSR count). The van der Waals surface area contributed by atoms with E-state index in [1.165, 1.54) is 11.8 Å². The lowest BCUT2D eigenvalue weighted by Gasteiger charge is -2.44. The van der Waals surface area contributed by atoms with E-state index in [0.717, 1.165) is 11.1 Å². The van der Waals surface area contributed by atoms with Crippen LogP contribution in [-0.2, 0) is 19.1 Å². The maximum Gasteiger partial charge on any atom is 0.409 e. The second-order valence-corrected chi connectivity index (χ2v) is 12.5. The number of nitrogens with zero attached hydrogens (tertiary/aromatic N) is 1. The van der Waals surface area contributed by atoms with Crippen LogP contribution in [0.4, 0.5) is 4.79 Å². The molecular formula is C25H25Cl3N2O5S. The van der Waals surface area contributed by atoms with Gasteiger partial charge in [-0.25, -0.2) is 9.59 Å². The number of hydrogen-bond acceptors (Lipinski definition) is 6. The first-order valence-corrected chi connectivity index (χ1v) is 13.4. The molecule has 1 N–H and O–H groups in total. The van der Waals surface area contributed by atoms with E-state index in [4.69, 9.17) is 44.3 Å². The van der Waals surface area contributed by atoms with Gasteiger partial charge >= 0.3 is 12.1 Å². The fraction of sp³-hybridized carbons (Fsp3) is 0.400. The highest BCUT2D eigenvalue weighted by molar-refractivity contribution is 8.01. The van der Waals surface area contributed by atoms with Crippen molar-refractivity contribution in [2.24, 2.45) is 5.92 Å². The van der Waals surface area contributed by atoms with E-state index < -0.39 is 39.4 Å². The van der Waals surface area contributed by atoms with Gasteiger partial charge in [0.15, 0.2) is 6.10 Å². The van der Waals surface area contributed by atoms with E-state index >= 15 is 0 Å². The lowest BCUT2D eigenvalue weighted by atomic mass is 9.91. The third-order valence-electron chi connectivity index (χ3n) is 6.08. The third-order valence-corrected chi connectivity index (χ3v) is 8.78. The number of amides is 2. The van der Waals surface area contributed by atoms with Crippen molar-refractivity contribution in [2.75, 3.05) is 12.4 Å². The van der Waals surface area contributed by atoms with Gasteiger partial charge in [0.05, 0.1) is 17.2 Å². The minimum atomic E-state index is -1.87. The van der Waals surface area contributed by atoms with Crippen molar-refractivity contribution in [1.82, 2.24) is 10.2 Å².